The van der Waals surface area contributed by atoms with Gasteiger partial charge in [0.15, 0.2) is 11.5 Å². The zero-order valence-corrected chi connectivity index (χ0v) is 15.9. The molecule has 146 valence electrons. The first kappa shape index (κ1) is 17.5. The third-order valence-electron chi connectivity index (χ3n) is 6.42. The van der Waals surface area contributed by atoms with E-state index in [2.05, 4.69) is 21.3 Å². The number of carbonyl (C=O) groups excluding carboxylic acids is 1. The molecule has 6 nitrogen and oxygen atoms in total. The number of pyridine rings is 1. The number of likely N-dealkylation sites (tertiary alicyclic amines) is 1. The maximum Gasteiger partial charge on any atom is 0.231 e. The number of amides is 1. The topological polar surface area (TPSA) is 63.7 Å². The summed E-state index contributed by atoms with van der Waals surface area (Å²) in [5, 5.41) is 3.09. The van der Waals surface area contributed by atoms with E-state index in [1.54, 1.807) is 12.4 Å². The Morgan fingerprint density at radius 1 is 1.21 bits per heavy atom. The smallest absolute Gasteiger partial charge is 0.231 e. The molecule has 3 aliphatic rings. The van der Waals surface area contributed by atoms with Crippen LogP contribution in [0.15, 0.2) is 42.7 Å². The Balaban J connectivity index is 1.13. The van der Waals surface area contributed by atoms with Gasteiger partial charge < -0.3 is 14.8 Å². The molecule has 1 saturated heterocycles. The summed E-state index contributed by atoms with van der Waals surface area (Å²) in [6.07, 6.45) is 6.75. The average molecular weight is 379 g/mol. The van der Waals surface area contributed by atoms with Crippen LogP contribution in [0, 0.1) is 11.3 Å². The second-order valence-corrected chi connectivity index (χ2v) is 8.13. The van der Waals surface area contributed by atoms with Crippen molar-refractivity contribution in [1.82, 2.24) is 15.2 Å². The molecule has 6 heteroatoms. The number of para-hydroxylation sites is 1. The van der Waals surface area contributed by atoms with Gasteiger partial charge in [-0.3, -0.25) is 14.7 Å². The first-order valence-electron chi connectivity index (χ1n) is 10.00. The summed E-state index contributed by atoms with van der Waals surface area (Å²) in [5.74, 6) is 2.10. The van der Waals surface area contributed by atoms with Gasteiger partial charge in [0.05, 0.1) is 0 Å². The predicted molar refractivity (Wildman–Crippen MR) is 104 cm³/mol. The van der Waals surface area contributed by atoms with Crippen LogP contribution < -0.4 is 14.8 Å². The summed E-state index contributed by atoms with van der Waals surface area (Å²) in [5.41, 5.74) is 2.45. The number of nitrogens with zero attached hydrogens (tertiary/aromatic N) is 2. The first-order chi connectivity index (χ1) is 13.7. The lowest BCUT2D eigenvalue weighted by Gasteiger charge is -2.33. The molecule has 5 rings (SSSR count). The molecule has 1 aromatic heterocycles. The highest BCUT2D eigenvalue weighted by Crippen LogP contribution is 2.59. The molecule has 0 radical (unpaired) electrons. The molecule has 2 aromatic rings. The minimum absolute atomic E-state index is 0.170. The van der Waals surface area contributed by atoms with E-state index in [9.17, 15) is 4.79 Å². The lowest BCUT2D eigenvalue weighted by molar-refractivity contribution is -0.123. The van der Waals surface area contributed by atoms with Crippen molar-refractivity contribution in [2.75, 3.05) is 19.9 Å². The number of carbonyl (C=O) groups is 1. The van der Waals surface area contributed by atoms with E-state index in [0.717, 1.165) is 56.0 Å². The van der Waals surface area contributed by atoms with Crippen LogP contribution in [-0.4, -0.2) is 35.7 Å². The summed E-state index contributed by atoms with van der Waals surface area (Å²) >= 11 is 0. The Labute approximate surface area is 164 Å². The fraction of sp³-hybridized carbons (Fsp3) is 0.455. The monoisotopic (exact) mass is 379 g/mol. The Hall–Kier alpha value is -2.60. The third kappa shape index (κ3) is 3.33. The summed E-state index contributed by atoms with van der Waals surface area (Å²) in [6.45, 7) is 3.80. The van der Waals surface area contributed by atoms with Crippen LogP contribution in [0.4, 0.5) is 0 Å². The number of hydrogen-bond acceptors (Lipinski definition) is 5. The van der Waals surface area contributed by atoms with E-state index in [1.807, 2.05) is 24.3 Å². The third-order valence-corrected chi connectivity index (χ3v) is 6.42. The van der Waals surface area contributed by atoms with E-state index in [0.29, 0.717) is 13.3 Å². The highest BCUT2D eigenvalue weighted by Gasteiger charge is 2.58. The highest BCUT2D eigenvalue weighted by molar-refractivity contribution is 5.82. The molecule has 28 heavy (non-hydrogen) atoms. The molecular formula is C22H25N3O3. The van der Waals surface area contributed by atoms with Crippen molar-refractivity contribution in [2.45, 2.75) is 32.4 Å². The predicted octanol–water partition coefficient (Wildman–Crippen LogP) is 2.73. The minimum Gasteiger partial charge on any atom is -0.454 e. The zero-order valence-electron chi connectivity index (χ0n) is 15.9. The highest BCUT2D eigenvalue weighted by atomic mass is 16.7. The molecule has 2 fully saturated rings. The molecule has 1 saturated carbocycles. The Morgan fingerprint density at radius 2 is 2.11 bits per heavy atom. The van der Waals surface area contributed by atoms with E-state index in [-0.39, 0.29) is 17.2 Å². The SMILES string of the molecule is O=C(NCc1cccnc1)C1CC12CCN(Cc1cccc3c1OCO3)CC2. The molecule has 1 atom stereocenters. The summed E-state index contributed by atoms with van der Waals surface area (Å²) in [7, 11) is 0. The molecule has 1 aromatic carbocycles. The van der Waals surface area contributed by atoms with Crippen molar-refractivity contribution in [3.63, 3.8) is 0 Å². The van der Waals surface area contributed by atoms with Crippen LogP contribution in [-0.2, 0) is 17.9 Å². The van der Waals surface area contributed by atoms with Crippen LogP contribution in [0.3, 0.4) is 0 Å². The van der Waals surface area contributed by atoms with Crippen LogP contribution in [0.1, 0.15) is 30.4 Å². The summed E-state index contributed by atoms with van der Waals surface area (Å²) in [6, 6.07) is 9.98. The molecule has 1 amide bonds. The summed E-state index contributed by atoms with van der Waals surface area (Å²) in [4.78, 5) is 19.1. The zero-order chi connectivity index (χ0) is 19.0. The van der Waals surface area contributed by atoms with Gasteiger partial charge in [-0.05, 0) is 55.5 Å². The van der Waals surface area contributed by atoms with Crippen LogP contribution in [0.25, 0.3) is 0 Å². The van der Waals surface area contributed by atoms with Crippen molar-refractivity contribution in [3.05, 3.63) is 53.9 Å². The number of rotatable bonds is 5. The van der Waals surface area contributed by atoms with Gasteiger partial charge in [-0.2, -0.15) is 0 Å². The number of piperidine rings is 1. The molecule has 1 aliphatic carbocycles. The van der Waals surface area contributed by atoms with E-state index >= 15 is 0 Å². The van der Waals surface area contributed by atoms with Gasteiger partial charge in [-0.25, -0.2) is 0 Å². The molecule has 2 aliphatic heterocycles. The number of aromatic nitrogens is 1. The number of ether oxygens (including phenoxy) is 2. The van der Waals surface area contributed by atoms with Crippen LogP contribution in [0.5, 0.6) is 11.5 Å². The normalized spacial score (nSPS) is 22.2. The van der Waals surface area contributed by atoms with E-state index in [4.69, 9.17) is 9.47 Å². The fourth-order valence-electron chi connectivity index (χ4n) is 4.60. The van der Waals surface area contributed by atoms with Gasteiger partial charge in [0.1, 0.15) is 0 Å². The Bertz CT molecular complexity index is 863. The van der Waals surface area contributed by atoms with Crippen molar-refractivity contribution in [3.8, 4) is 11.5 Å². The van der Waals surface area contributed by atoms with Gasteiger partial charge in [0, 0.05) is 37.0 Å². The van der Waals surface area contributed by atoms with E-state index in [1.165, 1.54) is 5.56 Å². The number of hydrogen-bond donors (Lipinski definition) is 1. The molecule has 1 spiro atoms. The average Bonchev–Trinajstić information content (AvgIpc) is 3.20. The van der Waals surface area contributed by atoms with Crippen molar-refractivity contribution < 1.29 is 14.3 Å². The maximum absolute atomic E-state index is 12.6. The lowest BCUT2D eigenvalue weighted by atomic mass is 9.90. The first-order valence-corrected chi connectivity index (χ1v) is 10.00. The second kappa shape index (κ2) is 7.09. The van der Waals surface area contributed by atoms with Crippen molar-refractivity contribution in [2.24, 2.45) is 11.3 Å². The van der Waals surface area contributed by atoms with Gasteiger partial charge in [0.2, 0.25) is 12.7 Å². The van der Waals surface area contributed by atoms with Crippen LogP contribution in [0.2, 0.25) is 0 Å². The molecule has 1 N–H and O–H groups in total. The molecule has 3 heterocycles. The molecular weight excluding hydrogens is 354 g/mol. The van der Waals surface area contributed by atoms with Gasteiger partial charge in [0.25, 0.3) is 0 Å². The maximum atomic E-state index is 12.6. The lowest BCUT2D eigenvalue weighted by Crippen LogP contribution is -2.36. The molecule has 1 unspecified atom stereocenters. The van der Waals surface area contributed by atoms with Gasteiger partial charge in [-0.1, -0.05) is 18.2 Å². The van der Waals surface area contributed by atoms with Gasteiger partial charge >= 0.3 is 0 Å². The van der Waals surface area contributed by atoms with Crippen molar-refractivity contribution in [1.29, 1.82) is 0 Å². The molecule has 0 bridgehead atoms. The van der Waals surface area contributed by atoms with Crippen LogP contribution >= 0.6 is 0 Å². The number of fused-ring (bicyclic) bond motifs is 1. The quantitative estimate of drug-likeness (QED) is 0.865. The largest absolute Gasteiger partial charge is 0.454 e. The van der Waals surface area contributed by atoms with E-state index < -0.39 is 0 Å². The second-order valence-electron chi connectivity index (χ2n) is 8.13. The number of nitrogens with one attached hydrogen (secondary N) is 1. The Morgan fingerprint density at radius 3 is 2.93 bits per heavy atom. The fourth-order valence-corrected chi connectivity index (χ4v) is 4.60. The van der Waals surface area contributed by atoms with Gasteiger partial charge in [-0.15, -0.1) is 0 Å². The Kier molecular flexibility index (Phi) is 4.43. The summed E-state index contributed by atoms with van der Waals surface area (Å²) < 4.78 is 11.1. The number of benzene rings is 1. The standard InChI is InChI=1S/C22H25N3O3/c26-21(24-13-16-3-2-8-23-12-16)18-11-22(18)6-9-25(10-7-22)14-17-4-1-5-19-20(17)28-15-27-19/h1-5,8,12,18H,6-7,9-11,13-15H2,(H,24,26). The minimum atomic E-state index is 0.170. The van der Waals surface area contributed by atoms with Crippen molar-refractivity contribution >= 4 is 5.91 Å².